The molecule has 0 saturated heterocycles. The zero-order chi connectivity index (χ0) is 22.9. The molecule has 166 valence electrons. The Bertz CT molecular complexity index is 664. The Balaban J connectivity index is 0.000000956. The van der Waals surface area contributed by atoms with Crippen LogP contribution < -0.4 is 16.8 Å². The van der Waals surface area contributed by atoms with Crippen molar-refractivity contribution in [2.45, 2.75) is 43.8 Å². The number of hydrogen-bond acceptors (Lipinski definition) is 7. The van der Waals surface area contributed by atoms with Gasteiger partial charge in [0.25, 0.3) is 0 Å². The summed E-state index contributed by atoms with van der Waals surface area (Å²) in [5.74, 6) is -5.18. The van der Waals surface area contributed by atoms with Crippen molar-refractivity contribution in [2.24, 2.45) is 16.5 Å². The van der Waals surface area contributed by atoms with Crippen LogP contribution in [-0.4, -0.2) is 81.3 Å². The van der Waals surface area contributed by atoms with E-state index in [0.717, 1.165) is 0 Å². The number of guanidine groups is 1. The van der Waals surface area contributed by atoms with Crippen LogP contribution in [0.4, 0.5) is 13.2 Å². The highest BCUT2D eigenvalue weighted by atomic mass is 19.4. The number of nitrogens with two attached hydrogens (primary N) is 2. The molecule has 0 aliphatic carbocycles. The Morgan fingerprint density at radius 3 is 2.17 bits per heavy atom. The van der Waals surface area contributed by atoms with Gasteiger partial charge < -0.3 is 41.9 Å². The SMILES string of the molecule is CC(=O)N[C@@H]1[C@@H](N=C(N)N)C=C(C(=O)O)O[C@H]1C[C@H](O)CO.O=C(O)C(F)(F)F. The van der Waals surface area contributed by atoms with E-state index in [-0.39, 0.29) is 12.4 Å². The number of aliphatic carboxylic acids is 2. The highest BCUT2D eigenvalue weighted by Gasteiger charge is 2.39. The fourth-order valence-corrected chi connectivity index (χ4v) is 2.12. The molecule has 0 spiro atoms. The molecule has 12 nitrogen and oxygen atoms in total. The Morgan fingerprint density at radius 2 is 1.83 bits per heavy atom. The van der Waals surface area contributed by atoms with Crippen molar-refractivity contribution >= 4 is 23.8 Å². The largest absolute Gasteiger partial charge is 0.490 e. The van der Waals surface area contributed by atoms with Gasteiger partial charge in [0, 0.05) is 13.3 Å². The Morgan fingerprint density at radius 1 is 1.31 bits per heavy atom. The molecule has 15 heteroatoms. The van der Waals surface area contributed by atoms with Gasteiger partial charge in [-0.3, -0.25) is 4.79 Å². The van der Waals surface area contributed by atoms with Gasteiger partial charge in [-0.05, 0) is 6.08 Å². The number of nitrogens with one attached hydrogen (secondary N) is 1. The number of carboxylic acids is 2. The van der Waals surface area contributed by atoms with Gasteiger partial charge in [-0.2, -0.15) is 13.2 Å². The molecule has 1 heterocycles. The summed E-state index contributed by atoms with van der Waals surface area (Å²) in [6, 6.07) is -1.66. The van der Waals surface area contributed by atoms with Crippen LogP contribution in [0.5, 0.6) is 0 Å². The highest BCUT2D eigenvalue weighted by Crippen LogP contribution is 2.24. The molecule has 0 fully saturated rings. The molecular formula is C14H21F3N4O8. The number of aliphatic hydroxyl groups excluding tert-OH is 2. The molecule has 0 aromatic carbocycles. The third-order valence-corrected chi connectivity index (χ3v) is 3.21. The van der Waals surface area contributed by atoms with E-state index in [1.807, 2.05) is 0 Å². The van der Waals surface area contributed by atoms with E-state index in [1.165, 1.54) is 13.0 Å². The summed E-state index contributed by atoms with van der Waals surface area (Å²) in [6.07, 6.45) is -6.09. The molecule has 1 aliphatic rings. The van der Waals surface area contributed by atoms with Gasteiger partial charge in [-0.25, -0.2) is 14.6 Å². The van der Waals surface area contributed by atoms with E-state index < -0.39 is 60.7 Å². The van der Waals surface area contributed by atoms with Crippen LogP contribution in [0.25, 0.3) is 0 Å². The third-order valence-electron chi connectivity index (χ3n) is 3.21. The Labute approximate surface area is 161 Å². The zero-order valence-corrected chi connectivity index (χ0v) is 15.0. The molecule has 0 saturated carbocycles. The molecule has 0 bridgehead atoms. The summed E-state index contributed by atoms with van der Waals surface area (Å²) in [5, 5.41) is 37.2. The second kappa shape index (κ2) is 11.1. The minimum Gasteiger partial charge on any atom is -0.481 e. The first-order valence-electron chi connectivity index (χ1n) is 7.75. The lowest BCUT2D eigenvalue weighted by molar-refractivity contribution is -0.192. The maximum atomic E-state index is 11.3. The van der Waals surface area contributed by atoms with Crippen molar-refractivity contribution in [1.29, 1.82) is 0 Å². The topological polar surface area (TPSA) is 218 Å². The van der Waals surface area contributed by atoms with E-state index in [4.69, 9.17) is 36.3 Å². The van der Waals surface area contributed by atoms with E-state index in [0.29, 0.717) is 0 Å². The standard InChI is InChI=1S/C12H20N4O6.C2HF3O2/c1-5(18)15-10-7(16-12(13)14)3-9(11(20)21)22-8(10)2-6(19)4-17;3-2(4,5)1(6)7/h3,6-8,10,17,19H,2,4H2,1H3,(H,15,18)(H,20,21)(H4,13,14,16);(H,6,7)/t6-,7-,8-,10+;/m0./s1. The smallest absolute Gasteiger partial charge is 0.481 e. The minimum atomic E-state index is -5.08. The molecule has 9 N–H and O–H groups in total. The van der Waals surface area contributed by atoms with Crippen LogP contribution in [-0.2, 0) is 19.1 Å². The number of carbonyl (C=O) groups excluding carboxylic acids is 1. The first kappa shape index (κ1) is 25.9. The molecule has 0 radical (unpaired) electrons. The van der Waals surface area contributed by atoms with Crippen molar-refractivity contribution in [2.75, 3.05) is 6.61 Å². The lowest BCUT2D eigenvalue weighted by Crippen LogP contribution is -2.54. The van der Waals surface area contributed by atoms with Gasteiger partial charge >= 0.3 is 18.1 Å². The molecule has 0 aromatic rings. The van der Waals surface area contributed by atoms with Gasteiger partial charge in [0.05, 0.1) is 24.8 Å². The molecule has 29 heavy (non-hydrogen) atoms. The number of halogens is 3. The predicted molar refractivity (Wildman–Crippen MR) is 89.2 cm³/mol. The van der Waals surface area contributed by atoms with Crippen molar-refractivity contribution < 1.29 is 52.7 Å². The Hall–Kier alpha value is -3.07. The van der Waals surface area contributed by atoms with E-state index in [1.54, 1.807) is 0 Å². The summed E-state index contributed by atoms with van der Waals surface area (Å²) < 4.78 is 37.0. The number of carbonyl (C=O) groups is 3. The van der Waals surface area contributed by atoms with E-state index in [2.05, 4.69) is 10.3 Å². The van der Waals surface area contributed by atoms with Crippen LogP contribution >= 0.6 is 0 Å². The van der Waals surface area contributed by atoms with Crippen LogP contribution in [0, 0.1) is 0 Å². The highest BCUT2D eigenvalue weighted by molar-refractivity contribution is 5.85. The first-order chi connectivity index (χ1) is 13.2. The summed E-state index contributed by atoms with van der Waals surface area (Å²) in [7, 11) is 0. The third kappa shape index (κ3) is 9.61. The van der Waals surface area contributed by atoms with Gasteiger partial charge in [0.2, 0.25) is 11.7 Å². The molecule has 0 unspecified atom stereocenters. The lowest BCUT2D eigenvalue weighted by atomic mass is 9.94. The molecule has 1 aliphatic heterocycles. The number of aliphatic hydroxyl groups is 2. The second-order valence-electron chi connectivity index (χ2n) is 5.64. The minimum absolute atomic E-state index is 0.109. The summed E-state index contributed by atoms with van der Waals surface area (Å²) in [6.45, 7) is 0.730. The number of alkyl halides is 3. The number of hydrogen-bond donors (Lipinski definition) is 7. The number of amides is 1. The van der Waals surface area contributed by atoms with E-state index >= 15 is 0 Å². The number of rotatable bonds is 6. The first-order valence-corrected chi connectivity index (χ1v) is 7.75. The maximum Gasteiger partial charge on any atom is 0.490 e. The van der Waals surface area contributed by atoms with E-state index in [9.17, 15) is 27.9 Å². The quantitative estimate of drug-likeness (QED) is 0.179. The summed E-state index contributed by atoms with van der Waals surface area (Å²) in [5.41, 5.74) is 10.6. The number of aliphatic imine (C=N–C) groups is 1. The number of nitrogens with zero attached hydrogens (tertiary/aromatic N) is 1. The second-order valence-corrected chi connectivity index (χ2v) is 5.64. The predicted octanol–water partition coefficient (Wildman–Crippen LogP) is -2.12. The number of ether oxygens (including phenoxy) is 1. The zero-order valence-electron chi connectivity index (χ0n) is 15.0. The van der Waals surface area contributed by atoms with Crippen molar-refractivity contribution in [3.8, 4) is 0 Å². The summed E-state index contributed by atoms with van der Waals surface area (Å²) in [4.78, 5) is 35.2. The van der Waals surface area contributed by atoms with Crippen molar-refractivity contribution in [3.63, 3.8) is 0 Å². The fourth-order valence-electron chi connectivity index (χ4n) is 2.12. The Kier molecular flexibility index (Phi) is 9.89. The van der Waals surface area contributed by atoms with Gasteiger partial charge in [-0.15, -0.1) is 0 Å². The monoisotopic (exact) mass is 430 g/mol. The lowest BCUT2D eigenvalue weighted by Gasteiger charge is -2.35. The maximum absolute atomic E-state index is 11.3. The van der Waals surface area contributed by atoms with Gasteiger partial charge in [-0.1, -0.05) is 0 Å². The summed E-state index contributed by atoms with van der Waals surface area (Å²) >= 11 is 0. The van der Waals surface area contributed by atoms with Crippen LogP contribution in [0.2, 0.25) is 0 Å². The fraction of sp³-hybridized carbons (Fsp3) is 0.571. The average Bonchev–Trinajstić information content (AvgIpc) is 2.55. The molecule has 4 atom stereocenters. The van der Waals surface area contributed by atoms with Crippen molar-refractivity contribution in [1.82, 2.24) is 5.32 Å². The van der Waals surface area contributed by atoms with Gasteiger partial charge in [0.1, 0.15) is 6.10 Å². The normalized spacial score (nSPS) is 22.0. The molecule has 1 rings (SSSR count). The van der Waals surface area contributed by atoms with Crippen LogP contribution in [0.3, 0.4) is 0 Å². The average molecular weight is 430 g/mol. The van der Waals surface area contributed by atoms with Crippen LogP contribution in [0.1, 0.15) is 13.3 Å². The molecular weight excluding hydrogens is 409 g/mol. The molecule has 1 amide bonds. The van der Waals surface area contributed by atoms with Crippen molar-refractivity contribution in [3.05, 3.63) is 11.8 Å². The number of carboxylic acid groups (broad SMARTS) is 2. The van der Waals surface area contributed by atoms with Crippen LogP contribution in [0.15, 0.2) is 16.8 Å². The molecule has 0 aromatic heterocycles. The van der Waals surface area contributed by atoms with Gasteiger partial charge in [0.15, 0.2) is 5.96 Å².